The minimum absolute atomic E-state index is 0.260. The predicted molar refractivity (Wildman–Crippen MR) is 74.8 cm³/mol. The van der Waals surface area contributed by atoms with Gasteiger partial charge in [-0.2, -0.15) is 0 Å². The normalized spacial score (nSPS) is 11.8. The zero-order valence-electron chi connectivity index (χ0n) is 10.7. The van der Waals surface area contributed by atoms with Crippen LogP contribution >= 0.6 is 0 Å². The number of hydrogen-bond acceptors (Lipinski definition) is 2. The van der Waals surface area contributed by atoms with Crippen LogP contribution in [0.2, 0.25) is 0 Å². The largest absolute Gasteiger partial charge is 0.573 e. The summed E-state index contributed by atoms with van der Waals surface area (Å²) in [5.41, 5.74) is 8.32. The molecular weight excluding hydrogens is 281 g/mol. The van der Waals surface area contributed by atoms with Crippen LogP contribution in [0, 0.1) is 0 Å². The molecule has 3 rings (SSSR count). The standard InChI is InChI=1S/C15H11F3N2O/c16-15(17,18)21-10-7-5-9(6-8-10)13-11-3-1-2-4-12(11)20-14(13)19/h1-8,20H,19H2. The molecule has 0 saturated heterocycles. The van der Waals surface area contributed by atoms with E-state index in [1.807, 2.05) is 24.3 Å². The summed E-state index contributed by atoms with van der Waals surface area (Å²) >= 11 is 0. The molecule has 0 aliphatic carbocycles. The smallest absolute Gasteiger partial charge is 0.406 e. The second-order valence-corrected chi connectivity index (χ2v) is 4.53. The van der Waals surface area contributed by atoms with Crippen molar-refractivity contribution in [3.63, 3.8) is 0 Å². The number of fused-ring (bicyclic) bond motifs is 1. The molecule has 3 aromatic rings. The van der Waals surface area contributed by atoms with Crippen molar-refractivity contribution in [2.24, 2.45) is 0 Å². The molecule has 3 N–H and O–H groups in total. The average molecular weight is 292 g/mol. The molecule has 0 atom stereocenters. The van der Waals surface area contributed by atoms with E-state index in [1.54, 1.807) is 12.1 Å². The topological polar surface area (TPSA) is 51.0 Å². The predicted octanol–water partition coefficient (Wildman–Crippen LogP) is 4.32. The molecule has 6 heteroatoms. The number of nitrogens with one attached hydrogen (secondary N) is 1. The summed E-state index contributed by atoms with van der Waals surface area (Å²) < 4.78 is 40.3. The lowest BCUT2D eigenvalue weighted by Gasteiger charge is -2.09. The highest BCUT2D eigenvalue weighted by Gasteiger charge is 2.31. The van der Waals surface area contributed by atoms with Gasteiger partial charge in [0.15, 0.2) is 0 Å². The molecule has 0 radical (unpaired) electrons. The zero-order chi connectivity index (χ0) is 15.0. The van der Waals surface area contributed by atoms with Crippen LogP contribution in [0.5, 0.6) is 5.75 Å². The zero-order valence-corrected chi connectivity index (χ0v) is 10.7. The minimum atomic E-state index is -4.69. The van der Waals surface area contributed by atoms with Crippen LogP contribution in [0.3, 0.4) is 0 Å². The van der Waals surface area contributed by atoms with Crippen LogP contribution < -0.4 is 10.5 Å². The molecule has 0 fully saturated rings. The van der Waals surface area contributed by atoms with E-state index in [2.05, 4.69) is 9.72 Å². The van der Waals surface area contributed by atoms with Crippen molar-refractivity contribution in [1.82, 2.24) is 4.98 Å². The molecule has 0 unspecified atom stereocenters. The molecule has 2 aromatic carbocycles. The lowest BCUT2D eigenvalue weighted by atomic mass is 10.0. The number of ether oxygens (including phenoxy) is 1. The van der Waals surface area contributed by atoms with Gasteiger partial charge >= 0.3 is 6.36 Å². The maximum absolute atomic E-state index is 12.1. The molecule has 1 aromatic heterocycles. The molecule has 108 valence electrons. The maximum atomic E-state index is 12.1. The Morgan fingerprint density at radius 3 is 2.29 bits per heavy atom. The molecule has 21 heavy (non-hydrogen) atoms. The Morgan fingerprint density at radius 2 is 1.62 bits per heavy atom. The number of halogens is 3. The highest BCUT2D eigenvalue weighted by atomic mass is 19.4. The Hall–Kier alpha value is -2.63. The van der Waals surface area contributed by atoms with Crippen LogP contribution in [-0.4, -0.2) is 11.3 Å². The molecule has 1 heterocycles. The van der Waals surface area contributed by atoms with Crippen LogP contribution in [0.4, 0.5) is 19.0 Å². The molecular formula is C15H11F3N2O. The van der Waals surface area contributed by atoms with E-state index >= 15 is 0 Å². The van der Waals surface area contributed by atoms with Crippen LogP contribution in [-0.2, 0) is 0 Å². The van der Waals surface area contributed by atoms with Crippen LogP contribution in [0.1, 0.15) is 0 Å². The van der Waals surface area contributed by atoms with E-state index in [0.29, 0.717) is 5.82 Å². The van der Waals surface area contributed by atoms with E-state index in [0.717, 1.165) is 22.0 Å². The van der Waals surface area contributed by atoms with Crippen molar-refractivity contribution < 1.29 is 17.9 Å². The average Bonchev–Trinajstić information content (AvgIpc) is 2.74. The van der Waals surface area contributed by atoms with Crippen molar-refractivity contribution in [3.05, 3.63) is 48.5 Å². The third kappa shape index (κ3) is 2.65. The Labute approximate surface area is 118 Å². The maximum Gasteiger partial charge on any atom is 0.573 e. The first-order valence-corrected chi connectivity index (χ1v) is 6.16. The first kappa shape index (κ1) is 13.4. The number of para-hydroxylation sites is 1. The van der Waals surface area contributed by atoms with E-state index in [9.17, 15) is 13.2 Å². The van der Waals surface area contributed by atoms with E-state index in [1.165, 1.54) is 12.1 Å². The summed E-state index contributed by atoms with van der Waals surface area (Å²) in [7, 11) is 0. The lowest BCUT2D eigenvalue weighted by Crippen LogP contribution is -2.16. The number of nitrogens with two attached hydrogens (primary N) is 1. The first-order valence-electron chi connectivity index (χ1n) is 6.16. The number of aromatic amines is 1. The van der Waals surface area contributed by atoms with Crippen molar-refractivity contribution in [1.29, 1.82) is 0 Å². The van der Waals surface area contributed by atoms with Gasteiger partial charge in [-0.25, -0.2) is 0 Å². The van der Waals surface area contributed by atoms with Gasteiger partial charge in [-0.15, -0.1) is 13.2 Å². The summed E-state index contributed by atoms with van der Waals surface area (Å²) in [6, 6.07) is 13.2. The van der Waals surface area contributed by atoms with Crippen molar-refractivity contribution in [2.75, 3.05) is 5.73 Å². The molecule has 0 aliphatic heterocycles. The lowest BCUT2D eigenvalue weighted by molar-refractivity contribution is -0.274. The minimum Gasteiger partial charge on any atom is -0.406 e. The van der Waals surface area contributed by atoms with E-state index in [-0.39, 0.29) is 5.75 Å². The highest BCUT2D eigenvalue weighted by Crippen LogP contribution is 2.35. The Morgan fingerprint density at radius 1 is 0.952 bits per heavy atom. The van der Waals surface area contributed by atoms with Gasteiger partial charge in [0.1, 0.15) is 11.6 Å². The Kier molecular flexibility index (Phi) is 3.01. The van der Waals surface area contributed by atoms with Gasteiger partial charge in [-0.1, -0.05) is 30.3 Å². The number of rotatable bonds is 2. The summed E-state index contributed by atoms with van der Waals surface area (Å²) in [4.78, 5) is 3.04. The van der Waals surface area contributed by atoms with Gasteiger partial charge in [-0.05, 0) is 23.8 Å². The molecule has 0 amide bonds. The van der Waals surface area contributed by atoms with Crippen LogP contribution in [0.25, 0.3) is 22.0 Å². The fraction of sp³-hybridized carbons (Fsp3) is 0.0667. The molecule has 0 saturated carbocycles. The summed E-state index contributed by atoms with van der Waals surface area (Å²) in [5.74, 6) is 0.213. The van der Waals surface area contributed by atoms with Gasteiger partial charge in [0, 0.05) is 16.5 Å². The molecule has 0 bridgehead atoms. The fourth-order valence-electron chi connectivity index (χ4n) is 2.30. The quantitative estimate of drug-likeness (QED) is 0.739. The number of benzene rings is 2. The Bertz CT molecular complexity index is 776. The summed E-state index contributed by atoms with van der Waals surface area (Å²) in [6.45, 7) is 0. The molecule has 0 aliphatic rings. The second-order valence-electron chi connectivity index (χ2n) is 4.53. The van der Waals surface area contributed by atoms with Crippen molar-refractivity contribution in [3.8, 4) is 16.9 Å². The third-order valence-electron chi connectivity index (χ3n) is 3.11. The summed E-state index contributed by atoms with van der Waals surface area (Å²) in [6.07, 6.45) is -4.69. The number of anilines is 1. The number of H-pyrrole nitrogens is 1. The first-order chi connectivity index (χ1) is 9.94. The van der Waals surface area contributed by atoms with Gasteiger partial charge < -0.3 is 15.5 Å². The van der Waals surface area contributed by atoms with Crippen molar-refractivity contribution in [2.45, 2.75) is 6.36 Å². The monoisotopic (exact) mass is 292 g/mol. The molecule has 3 nitrogen and oxygen atoms in total. The second kappa shape index (κ2) is 4.73. The number of hydrogen-bond donors (Lipinski definition) is 2. The summed E-state index contributed by atoms with van der Waals surface area (Å²) in [5, 5.41) is 0.916. The molecule has 0 spiro atoms. The SMILES string of the molecule is Nc1[nH]c2ccccc2c1-c1ccc(OC(F)(F)F)cc1. The van der Waals surface area contributed by atoms with Gasteiger partial charge in [-0.3, -0.25) is 0 Å². The van der Waals surface area contributed by atoms with Gasteiger partial charge in [0.2, 0.25) is 0 Å². The Balaban J connectivity index is 2.01. The number of alkyl halides is 3. The third-order valence-corrected chi connectivity index (χ3v) is 3.11. The number of aromatic nitrogens is 1. The van der Waals surface area contributed by atoms with Crippen molar-refractivity contribution >= 4 is 16.7 Å². The fourth-order valence-corrected chi connectivity index (χ4v) is 2.30. The van der Waals surface area contributed by atoms with Gasteiger partial charge in [0.05, 0.1) is 0 Å². The van der Waals surface area contributed by atoms with E-state index < -0.39 is 6.36 Å². The highest BCUT2D eigenvalue weighted by molar-refractivity contribution is 6.01. The number of nitrogen functional groups attached to an aromatic ring is 1. The van der Waals surface area contributed by atoms with E-state index in [4.69, 9.17) is 5.73 Å². The van der Waals surface area contributed by atoms with Crippen LogP contribution in [0.15, 0.2) is 48.5 Å². The van der Waals surface area contributed by atoms with Gasteiger partial charge in [0.25, 0.3) is 0 Å².